The van der Waals surface area contributed by atoms with Gasteiger partial charge in [0.05, 0.1) is 18.3 Å². The molecule has 0 N–H and O–H groups in total. The van der Waals surface area contributed by atoms with Gasteiger partial charge in [-0.25, -0.2) is 0 Å². The molecule has 170 valence electrons. The molecule has 31 heavy (non-hydrogen) atoms. The Morgan fingerprint density at radius 3 is 2.23 bits per heavy atom. The van der Waals surface area contributed by atoms with Crippen molar-refractivity contribution in [3.63, 3.8) is 0 Å². The van der Waals surface area contributed by atoms with Crippen LogP contribution in [0.4, 0.5) is 0 Å². The molecule has 0 bridgehead atoms. The first-order valence-electron chi connectivity index (χ1n) is 11.4. The summed E-state index contributed by atoms with van der Waals surface area (Å²) in [5, 5.41) is 0. The normalized spacial score (nSPS) is 18.0. The van der Waals surface area contributed by atoms with Crippen LogP contribution in [0.2, 0.25) is 0 Å². The summed E-state index contributed by atoms with van der Waals surface area (Å²) >= 11 is 0. The Bertz CT molecular complexity index is 796. The Labute approximate surface area is 185 Å². The van der Waals surface area contributed by atoms with Gasteiger partial charge < -0.3 is 19.3 Å². The minimum Gasteiger partial charge on any atom is -0.494 e. The van der Waals surface area contributed by atoms with Gasteiger partial charge in [0.15, 0.2) is 0 Å². The number of imide groups is 1. The monoisotopic (exact) mass is 429 g/mol. The van der Waals surface area contributed by atoms with Gasteiger partial charge in [0.2, 0.25) is 0 Å². The highest BCUT2D eigenvalue weighted by Gasteiger charge is 2.41. The lowest BCUT2D eigenvalue weighted by atomic mass is 10.0. The van der Waals surface area contributed by atoms with Crippen LogP contribution >= 0.6 is 0 Å². The topological polar surface area (TPSA) is 62.3 Å². The van der Waals surface area contributed by atoms with Crippen molar-refractivity contribution in [2.75, 3.05) is 52.5 Å². The summed E-state index contributed by atoms with van der Waals surface area (Å²) in [4.78, 5) is 32.6. The van der Waals surface area contributed by atoms with Crippen LogP contribution < -0.4 is 4.74 Å². The van der Waals surface area contributed by atoms with Crippen molar-refractivity contribution in [1.82, 2.24) is 14.7 Å². The van der Waals surface area contributed by atoms with Crippen LogP contribution in [-0.2, 0) is 14.3 Å². The van der Waals surface area contributed by atoms with Crippen molar-refractivity contribution in [3.05, 3.63) is 35.5 Å². The smallest absolute Gasteiger partial charge is 0.277 e. The van der Waals surface area contributed by atoms with E-state index >= 15 is 0 Å². The van der Waals surface area contributed by atoms with Crippen LogP contribution in [0.1, 0.15) is 39.7 Å². The summed E-state index contributed by atoms with van der Waals surface area (Å²) in [5.41, 5.74) is 1.80. The van der Waals surface area contributed by atoms with Crippen LogP contribution in [0.5, 0.6) is 5.75 Å². The van der Waals surface area contributed by atoms with Gasteiger partial charge in [0.1, 0.15) is 11.4 Å². The molecule has 0 unspecified atom stereocenters. The Balaban J connectivity index is 1.85. The van der Waals surface area contributed by atoms with Crippen molar-refractivity contribution in [1.29, 1.82) is 0 Å². The Hall–Kier alpha value is -2.38. The van der Waals surface area contributed by atoms with E-state index in [4.69, 9.17) is 9.47 Å². The second-order valence-corrected chi connectivity index (χ2v) is 8.14. The average molecular weight is 430 g/mol. The zero-order chi connectivity index (χ0) is 22.4. The fraction of sp³-hybridized carbons (Fsp3) is 0.583. The van der Waals surface area contributed by atoms with Gasteiger partial charge in [-0.05, 0) is 51.4 Å². The van der Waals surface area contributed by atoms with E-state index in [2.05, 4.69) is 16.7 Å². The first kappa shape index (κ1) is 23.3. The predicted molar refractivity (Wildman–Crippen MR) is 121 cm³/mol. The molecule has 1 fully saturated rings. The number of hydrogen-bond donors (Lipinski definition) is 0. The SMILES string of the molecule is CCOc1ccc(C2=C(N3CCN(CC)CC3)C(=O)N(CCCOC(C)C)C2=O)cc1. The van der Waals surface area contributed by atoms with E-state index in [1.165, 1.54) is 4.90 Å². The van der Waals surface area contributed by atoms with Crippen LogP contribution in [0.25, 0.3) is 5.57 Å². The number of nitrogens with zero attached hydrogens (tertiary/aromatic N) is 3. The molecular formula is C24H35N3O4. The van der Waals surface area contributed by atoms with Gasteiger partial charge >= 0.3 is 0 Å². The number of rotatable bonds is 10. The molecule has 0 spiro atoms. The third kappa shape index (κ3) is 5.46. The lowest BCUT2D eigenvalue weighted by molar-refractivity contribution is -0.137. The maximum absolute atomic E-state index is 13.4. The van der Waals surface area contributed by atoms with Gasteiger partial charge in [-0.15, -0.1) is 0 Å². The van der Waals surface area contributed by atoms with Crippen molar-refractivity contribution in [3.8, 4) is 5.75 Å². The number of hydrogen-bond acceptors (Lipinski definition) is 6. The molecule has 1 aromatic rings. The summed E-state index contributed by atoms with van der Waals surface area (Å²) in [6.07, 6.45) is 0.760. The summed E-state index contributed by atoms with van der Waals surface area (Å²) in [6, 6.07) is 7.46. The van der Waals surface area contributed by atoms with E-state index < -0.39 is 0 Å². The molecule has 1 aromatic carbocycles. The third-order valence-electron chi connectivity index (χ3n) is 5.71. The van der Waals surface area contributed by atoms with Crippen molar-refractivity contribution >= 4 is 17.4 Å². The van der Waals surface area contributed by atoms with Crippen LogP contribution in [-0.4, -0.2) is 85.1 Å². The molecule has 3 rings (SSSR count). The minimum absolute atomic E-state index is 0.132. The van der Waals surface area contributed by atoms with Crippen molar-refractivity contribution < 1.29 is 19.1 Å². The van der Waals surface area contributed by atoms with E-state index in [9.17, 15) is 9.59 Å². The number of carbonyl (C=O) groups excluding carboxylic acids is 2. The van der Waals surface area contributed by atoms with E-state index in [-0.39, 0.29) is 17.9 Å². The molecule has 0 saturated carbocycles. The van der Waals surface area contributed by atoms with Gasteiger partial charge in [-0.3, -0.25) is 14.5 Å². The fourth-order valence-corrected chi connectivity index (χ4v) is 4.03. The summed E-state index contributed by atoms with van der Waals surface area (Å²) < 4.78 is 11.1. The largest absolute Gasteiger partial charge is 0.494 e. The van der Waals surface area contributed by atoms with Gasteiger partial charge in [-0.2, -0.15) is 0 Å². The molecule has 2 heterocycles. The summed E-state index contributed by atoms with van der Waals surface area (Å²) in [6.45, 7) is 13.8. The Kier molecular flexibility index (Phi) is 8.09. The molecule has 7 heteroatoms. The van der Waals surface area contributed by atoms with Crippen LogP contribution in [0.3, 0.4) is 0 Å². The zero-order valence-electron chi connectivity index (χ0n) is 19.2. The molecule has 0 aromatic heterocycles. The van der Waals surface area contributed by atoms with Gasteiger partial charge in [-0.1, -0.05) is 19.1 Å². The number of benzene rings is 1. The van der Waals surface area contributed by atoms with E-state index in [1.54, 1.807) is 0 Å². The molecule has 1 saturated heterocycles. The quantitative estimate of drug-likeness (QED) is 0.421. The minimum atomic E-state index is -0.216. The molecule has 0 atom stereocenters. The zero-order valence-corrected chi connectivity index (χ0v) is 19.2. The highest BCUT2D eigenvalue weighted by molar-refractivity contribution is 6.35. The molecule has 2 amide bonds. The lowest BCUT2D eigenvalue weighted by Crippen LogP contribution is -2.47. The molecular weight excluding hydrogens is 394 g/mol. The van der Waals surface area contributed by atoms with Crippen molar-refractivity contribution in [2.24, 2.45) is 0 Å². The second kappa shape index (κ2) is 10.8. The molecule has 7 nitrogen and oxygen atoms in total. The molecule has 2 aliphatic rings. The first-order valence-corrected chi connectivity index (χ1v) is 11.4. The first-order chi connectivity index (χ1) is 15.0. The number of likely N-dealkylation sites (N-methyl/N-ethyl adjacent to an activating group) is 1. The van der Waals surface area contributed by atoms with E-state index in [1.807, 2.05) is 45.0 Å². The maximum Gasteiger partial charge on any atom is 0.277 e. The maximum atomic E-state index is 13.4. The molecule has 2 aliphatic heterocycles. The van der Waals surface area contributed by atoms with E-state index in [0.717, 1.165) is 44.0 Å². The average Bonchev–Trinajstić information content (AvgIpc) is 3.02. The number of amides is 2. The third-order valence-corrected chi connectivity index (χ3v) is 5.71. The van der Waals surface area contributed by atoms with Crippen molar-refractivity contribution in [2.45, 2.75) is 40.2 Å². The fourth-order valence-electron chi connectivity index (χ4n) is 4.03. The second-order valence-electron chi connectivity index (χ2n) is 8.14. The van der Waals surface area contributed by atoms with Crippen LogP contribution in [0.15, 0.2) is 30.0 Å². The highest BCUT2D eigenvalue weighted by Crippen LogP contribution is 2.33. The number of piperazine rings is 1. The molecule has 0 radical (unpaired) electrons. The summed E-state index contributed by atoms with van der Waals surface area (Å²) in [5.74, 6) is 0.347. The standard InChI is InChI=1S/C24H35N3O4/c1-5-25-13-15-26(16-14-25)22-21(19-8-10-20(11-9-19)30-6-2)23(28)27(24(22)29)12-7-17-31-18(3)4/h8-11,18H,5-7,12-17H2,1-4H3. The Morgan fingerprint density at radius 1 is 0.968 bits per heavy atom. The van der Waals surface area contributed by atoms with E-state index in [0.29, 0.717) is 37.4 Å². The van der Waals surface area contributed by atoms with Gasteiger partial charge in [0.25, 0.3) is 11.8 Å². The number of ether oxygens (including phenoxy) is 2. The van der Waals surface area contributed by atoms with Crippen LogP contribution in [0, 0.1) is 0 Å². The predicted octanol–water partition coefficient (Wildman–Crippen LogP) is 2.62. The Morgan fingerprint density at radius 2 is 1.65 bits per heavy atom. The lowest BCUT2D eigenvalue weighted by Gasteiger charge is -2.36. The molecule has 0 aliphatic carbocycles. The van der Waals surface area contributed by atoms with Gasteiger partial charge in [0, 0.05) is 39.3 Å². The highest BCUT2D eigenvalue weighted by atomic mass is 16.5. The summed E-state index contributed by atoms with van der Waals surface area (Å²) in [7, 11) is 0. The number of carbonyl (C=O) groups is 2.